The Bertz CT molecular complexity index is 747. The summed E-state index contributed by atoms with van der Waals surface area (Å²) >= 11 is 6.78. The zero-order chi connectivity index (χ0) is 18.4. The van der Waals surface area contributed by atoms with Gasteiger partial charge < -0.3 is 5.32 Å². The van der Waals surface area contributed by atoms with Crippen LogP contribution >= 0.6 is 23.6 Å². The molecular weight excluding hydrogens is 364 g/mol. The fourth-order valence-electron chi connectivity index (χ4n) is 3.18. The molecule has 1 aliphatic rings. The van der Waals surface area contributed by atoms with Gasteiger partial charge in [-0.05, 0) is 31.0 Å². The number of aromatic nitrogens is 1. The minimum absolute atomic E-state index is 0.153. The first-order chi connectivity index (χ1) is 12.6. The molecule has 0 bridgehead atoms. The largest absolute Gasteiger partial charge is 0.358 e. The third-order valence-electron chi connectivity index (χ3n) is 4.68. The molecule has 1 saturated carbocycles. The summed E-state index contributed by atoms with van der Waals surface area (Å²) in [6.07, 6.45) is 5.09. The second-order valence-electron chi connectivity index (χ2n) is 6.68. The van der Waals surface area contributed by atoms with Gasteiger partial charge in [-0.1, -0.05) is 50.1 Å². The van der Waals surface area contributed by atoms with Crippen LogP contribution in [0.5, 0.6) is 0 Å². The van der Waals surface area contributed by atoms with Crippen molar-refractivity contribution in [3.05, 3.63) is 40.7 Å². The molecule has 0 saturated heterocycles. The third kappa shape index (κ3) is 5.25. The summed E-state index contributed by atoms with van der Waals surface area (Å²) in [5, 5.41) is 6.53. The fourth-order valence-corrected chi connectivity index (χ4v) is 4.18. The van der Waals surface area contributed by atoms with Crippen LogP contribution in [-0.2, 0) is 11.2 Å². The number of thiocarbonyl (C=S) groups is 1. The monoisotopic (exact) mass is 388 g/mol. The van der Waals surface area contributed by atoms with E-state index < -0.39 is 0 Å². The van der Waals surface area contributed by atoms with Gasteiger partial charge in [0, 0.05) is 17.0 Å². The minimum atomic E-state index is -0.153. The number of hydrogen-bond acceptors (Lipinski definition) is 4. The lowest BCUT2D eigenvalue weighted by Gasteiger charge is -2.30. The van der Waals surface area contributed by atoms with Crippen molar-refractivity contribution in [2.45, 2.75) is 45.1 Å². The van der Waals surface area contributed by atoms with Crippen LogP contribution in [0.1, 0.15) is 37.6 Å². The average molecular weight is 389 g/mol. The molecule has 0 aliphatic heterocycles. The summed E-state index contributed by atoms with van der Waals surface area (Å²) in [5.74, 6) is 0.450. The molecule has 26 heavy (non-hydrogen) atoms. The maximum atomic E-state index is 12.1. The zero-order valence-corrected chi connectivity index (χ0v) is 16.5. The standard InChI is InChI=1S/C19H24N4OS2/c1-13-7-5-6-10-15(13)21-19(25)23-22-17(24)11-18-20-16(12-26-18)14-8-3-2-4-9-14/h2-4,8-9,12-13,15H,5-7,10-11H2,1H3,(H,22,24)(H2,21,23,25)/t13-,15-/m0/s1. The van der Waals surface area contributed by atoms with E-state index in [1.807, 2.05) is 35.7 Å². The Kier molecular flexibility index (Phi) is 6.57. The third-order valence-corrected chi connectivity index (χ3v) is 5.75. The molecule has 1 heterocycles. The molecule has 0 unspecified atom stereocenters. The quantitative estimate of drug-likeness (QED) is 0.553. The number of carbonyl (C=O) groups excluding carboxylic acids is 1. The Hall–Kier alpha value is -1.99. The molecule has 1 aromatic heterocycles. The van der Waals surface area contributed by atoms with Crippen LogP contribution in [0.15, 0.2) is 35.7 Å². The molecule has 1 amide bonds. The molecule has 7 heteroatoms. The molecule has 1 fully saturated rings. The van der Waals surface area contributed by atoms with Gasteiger partial charge in [-0.3, -0.25) is 15.6 Å². The van der Waals surface area contributed by atoms with E-state index in [9.17, 15) is 4.79 Å². The highest BCUT2D eigenvalue weighted by atomic mass is 32.1. The summed E-state index contributed by atoms with van der Waals surface area (Å²) in [6.45, 7) is 2.24. The zero-order valence-electron chi connectivity index (χ0n) is 14.8. The average Bonchev–Trinajstić information content (AvgIpc) is 3.11. The lowest BCUT2D eigenvalue weighted by Crippen LogP contribution is -2.51. The maximum absolute atomic E-state index is 12.1. The highest BCUT2D eigenvalue weighted by molar-refractivity contribution is 7.80. The highest BCUT2D eigenvalue weighted by Crippen LogP contribution is 2.23. The van der Waals surface area contributed by atoms with Gasteiger partial charge in [0.2, 0.25) is 5.91 Å². The fraction of sp³-hybridized carbons (Fsp3) is 0.421. The van der Waals surface area contributed by atoms with Crippen molar-refractivity contribution in [1.82, 2.24) is 21.2 Å². The van der Waals surface area contributed by atoms with E-state index in [0.29, 0.717) is 17.1 Å². The van der Waals surface area contributed by atoms with Gasteiger partial charge in [0.05, 0.1) is 12.1 Å². The Balaban J connectivity index is 1.44. The van der Waals surface area contributed by atoms with E-state index in [4.69, 9.17) is 12.2 Å². The predicted octanol–water partition coefficient (Wildman–Crippen LogP) is 3.43. The SMILES string of the molecule is C[C@H]1CCCC[C@@H]1NC(=S)NNC(=O)Cc1nc(-c2ccccc2)cs1. The van der Waals surface area contributed by atoms with Gasteiger partial charge in [0.1, 0.15) is 5.01 Å². The van der Waals surface area contributed by atoms with Crippen LogP contribution in [0, 0.1) is 5.92 Å². The molecule has 1 aromatic carbocycles. The number of hydrazine groups is 1. The number of amides is 1. The first-order valence-electron chi connectivity index (χ1n) is 8.97. The summed E-state index contributed by atoms with van der Waals surface area (Å²) < 4.78 is 0. The van der Waals surface area contributed by atoms with E-state index in [1.165, 1.54) is 30.6 Å². The number of carbonyl (C=O) groups is 1. The van der Waals surface area contributed by atoms with Crippen LogP contribution in [0.25, 0.3) is 11.3 Å². The maximum Gasteiger partial charge on any atom is 0.245 e. The van der Waals surface area contributed by atoms with Gasteiger partial charge in [0.15, 0.2) is 5.11 Å². The molecule has 2 atom stereocenters. The second-order valence-corrected chi connectivity index (χ2v) is 8.04. The van der Waals surface area contributed by atoms with Crippen LogP contribution in [0.2, 0.25) is 0 Å². The molecule has 0 spiro atoms. The summed E-state index contributed by atoms with van der Waals surface area (Å²) in [6, 6.07) is 10.3. The molecule has 0 radical (unpaired) electrons. The van der Waals surface area contributed by atoms with Crippen molar-refractivity contribution in [2.75, 3.05) is 0 Å². The smallest absolute Gasteiger partial charge is 0.245 e. The number of nitrogens with zero attached hydrogens (tertiary/aromatic N) is 1. The van der Waals surface area contributed by atoms with Crippen LogP contribution < -0.4 is 16.2 Å². The van der Waals surface area contributed by atoms with Gasteiger partial charge in [-0.25, -0.2) is 4.98 Å². The molecule has 138 valence electrons. The minimum Gasteiger partial charge on any atom is -0.358 e. The van der Waals surface area contributed by atoms with E-state index in [-0.39, 0.29) is 12.3 Å². The first kappa shape index (κ1) is 18.8. The Morgan fingerprint density at radius 1 is 1.23 bits per heavy atom. The van der Waals surface area contributed by atoms with Gasteiger partial charge in [-0.2, -0.15) is 0 Å². The number of hydrogen-bond donors (Lipinski definition) is 3. The lowest BCUT2D eigenvalue weighted by molar-refractivity contribution is -0.121. The number of benzene rings is 1. The van der Waals surface area contributed by atoms with Crippen LogP contribution in [-0.4, -0.2) is 22.0 Å². The Labute approximate surface area is 163 Å². The van der Waals surface area contributed by atoms with Crippen LogP contribution in [0.3, 0.4) is 0 Å². The second kappa shape index (κ2) is 9.09. The van der Waals surface area contributed by atoms with Crippen molar-refractivity contribution in [3.8, 4) is 11.3 Å². The number of nitrogens with one attached hydrogen (secondary N) is 3. The normalized spacial score (nSPS) is 19.6. The van der Waals surface area contributed by atoms with Crippen LogP contribution in [0.4, 0.5) is 0 Å². The lowest BCUT2D eigenvalue weighted by atomic mass is 9.86. The topological polar surface area (TPSA) is 66.0 Å². The first-order valence-corrected chi connectivity index (χ1v) is 10.3. The van der Waals surface area contributed by atoms with E-state index in [0.717, 1.165) is 22.7 Å². The Morgan fingerprint density at radius 3 is 2.77 bits per heavy atom. The predicted molar refractivity (Wildman–Crippen MR) is 110 cm³/mol. The molecule has 3 rings (SSSR count). The van der Waals surface area contributed by atoms with E-state index in [2.05, 4.69) is 28.1 Å². The molecular formula is C19H24N4OS2. The molecule has 3 N–H and O–H groups in total. The van der Waals surface area contributed by atoms with Crippen molar-refractivity contribution in [2.24, 2.45) is 5.92 Å². The molecule has 1 aliphatic carbocycles. The van der Waals surface area contributed by atoms with Gasteiger partial charge in [0.25, 0.3) is 0 Å². The van der Waals surface area contributed by atoms with Crippen molar-refractivity contribution < 1.29 is 4.79 Å². The van der Waals surface area contributed by atoms with Gasteiger partial charge >= 0.3 is 0 Å². The summed E-state index contributed by atoms with van der Waals surface area (Å²) in [4.78, 5) is 16.7. The molecule has 5 nitrogen and oxygen atoms in total. The number of thiazole rings is 1. The Morgan fingerprint density at radius 2 is 2.00 bits per heavy atom. The molecule has 2 aromatic rings. The highest BCUT2D eigenvalue weighted by Gasteiger charge is 2.21. The number of rotatable bonds is 4. The van der Waals surface area contributed by atoms with Gasteiger partial charge in [-0.15, -0.1) is 11.3 Å². The van der Waals surface area contributed by atoms with Crippen molar-refractivity contribution >= 4 is 34.6 Å². The van der Waals surface area contributed by atoms with Crippen molar-refractivity contribution in [1.29, 1.82) is 0 Å². The van der Waals surface area contributed by atoms with E-state index in [1.54, 1.807) is 0 Å². The van der Waals surface area contributed by atoms with Crippen molar-refractivity contribution in [3.63, 3.8) is 0 Å². The summed E-state index contributed by atoms with van der Waals surface area (Å²) in [7, 11) is 0. The summed E-state index contributed by atoms with van der Waals surface area (Å²) in [5.41, 5.74) is 7.42. The van der Waals surface area contributed by atoms with E-state index >= 15 is 0 Å².